The number of aryl methyl sites for hydroxylation is 2. The van der Waals surface area contributed by atoms with E-state index in [9.17, 15) is 0 Å². The van der Waals surface area contributed by atoms with Gasteiger partial charge in [0.05, 0.1) is 0 Å². The van der Waals surface area contributed by atoms with Crippen molar-refractivity contribution >= 4 is 11.2 Å². The SMILES string of the molecule is CCCCn1c(C)nc2cccnc21. The molecule has 0 aromatic carbocycles. The summed E-state index contributed by atoms with van der Waals surface area (Å²) in [7, 11) is 0. The van der Waals surface area contributed by atoms with E-state index in [1.165, 1.54) is 12.8 Å². The summed E-state index contributed by atoms with van der Waals surface area (Å²) in [4.78, 5) is 8.82. The third-order valence-corrected chi connectivity index (χ3v) is 2.43. The number of nitrogens with zero attached hydrogens (tertiary/aromatic N) is 3. The molecule has 0 amide bonds. The molecule has 0 unspecified atom stereocenters. The zero-order valence-electron chi connectivity index (χ0n) is 8.70. The summed E-state index contributed by atoms with van der Waals surface area (Å²) in [6, 6.07) is 3.94. The van der Waals surface area contributed by atoms with Crippen molar-refractivity contribution in [2.24, 2.45) is 0 Å². The zero-order valence-corrected chi connectivity index (χ0v) is 8.70. The van der Waals surface area contributed by atoms with Crippen LogP contribution in [-0.4, -0.2) is 14.5 Å². The molecule has 0 spiro atoms. The molecule has 0 saturated heterocycles. The largest absolute Gasteiger partial charge is 0.313 e. The van der Waals surface area contributed by atoms with Gasteiger partial charge in [-0.05, 0) is 25.5 Å². The second kappa shape index (κ2) is 3.78. The fraction of sp³-hybridized carbons (Fsp3) is 0.455. The van der Waals surface area contributed by atoms with Gasteiger partial charge in [0, 0.05) is 12.7 Å². The quantitative estimate of drug-likeness (QED) is 0.742. The molecule has 0 bridgehead atoms. The number of unbranched alkanes of at least 4 members (excludes halogenated alkanes) is 1. The molecular formula is C11H15N3. The van der Waals surface area contributed by atoms with Crippen molar-refractivity contribution in [3.8, 4) is 0 Å². The summed E-state index contributed by atoms with van der Waals surface area (Å²) in [5.74, 6) is 1.06. The van der Waals surface area contributed by atoms with Crippen molar-refractivity contribution in [1.29, 1.82) is 0 Å². The minimum absolute atomic E-state index is 1.00. The monoisotopic (exact) mass is 189 g/mol. The second-order valence-corrected chi connectivity index (χ2v) is 3.51. The molecule has 0 saturated carbocycles. The van der Waals surface area contributed by atoms with Gasteiger partial charge in [0.2, 0.25) is 0 Å². The van der Waals surface area contributed by atoms with E-state index in [-0.39, 0.29) is 0 Å². The smallest absolute Gasteiger partial charge is 0.159 e. The van der Waals surface area contributed by atoms with Crippen LogP contribution in [0.4, 0.5) is 0 Å². The normalized spacial score (nSPS) is 11.0. The van der Waals surface area contributed by atoms with Crippen molar-refractivity contribution in [3.63, 3.8) is 0 Å². The lowest BCUT2D eigenvalue weighted by molar-refractivity contribution is 0.627. The van der Waals surface area contributed by atoms with Gasteiger partial charge >= 0.3 is 0 Å². The first-order chi connectivity index (χ1) is 6.83. The Hall–Kier alpha value is -1.38. The molecule has 0 N–H and O–H groups in total. The maximum atomic E-state index is 4.47. The Balaban J connectivity index is 2.45. The van der Waals surface area contributed by atoms with E-state index >= 15 is 0 Å². The van der Waals surface area contributed by atoms with Crippen molar-refractivity contribution in [2.45, 2.75) is 33.2 Å². The van der Waals surface area contributed by atoms with Crippen molar-refractivity contribution < 1.29 is 0 Å². The summed E-state index contributed by atoms with van der Waals surface area (Å²) < 4.78 is 2.19. The lowest BCUT2D eigenvalue weighted by Crippen LogP contribution is -2.00. The van der Waals surface area contributed by atoms with E-state index in [2.05, 4.69) is 21.5 Å². The Morgan fingerprint density at radius 2 is 2.29 bits per heavy atom. The van der Waals surface area contributed by atoms with E-state index in [1.807, 2.05) is 25.3 Å². The predicted molar refractivity (Wildman–Crippen MR) is 57.2 cm³/mol. The Bertz CT molecular complexity index is 431. The lowest BCUT2D eigenvalue weighted by Gasteiger charge is -2.03. The topological polar surface area (TPSA) is 30.7 Å². The van der Waals surface area contributed by atoms with Crippen LogP contribution in [0.2, 0.25) is 0 Å². The Morgan fingerprint density at radius 1 is 1.43 bits per heavy atom. The van der Waals surface area contributed by atoms with Crippen LogP contribution >= 0.6 is 0 Å². The fourth-order valence-electron chi connectivity index (χ4n) is 1.66. The number of imidazole rings is 1. The third kappa shape index (κ3) is 1.50. The molecule has 0 aliphatic carbocycles. The molecule has 3 nitrogen and oxygen atoms in total. The van der Waals surface area contributed by atoms with Gasteiger partial charge in [-0.15, -0.1) is 0 Å². The minimum atomic E-state index is 1.00. The average molecular weight is 189 g/mol. The first-order valence-corrected chi connectivity index (χ1v) is 5.10. The number of aromatic nitrogens is 3. The molecule has 0 fully saturated rings. The fourth-order valence-corrected chi connectivity index (χ4v) is 1.66. The van der Waals surface area contributed by atoms with Crippen molar-refractivity contribution in [3.05, 3.63) is 24.2 Å². The van der Waals surface area contributed by atoms with Crippen molar-refractivity contribution in [1.82, 2.24) is 14.5 Å². The highest BCUT2D eigenvalue weighted by molar-refractivity contribution is 5.70. The number of hydrogen-bond donors (Lipinski definition) is 0. The van der Waals surface area contributed by atoms with Gasteiger partial charge in [-0.25, -0.2) is 9.97 Å². The summed E-state index contributed by atoms with van der Waals surface area (Å²) >= 11 is 0. The van der Waals surface area contributed by atoms with Crippen molar-refractivity contribution in [2.75, 3.05) is 0 Å². The summed E-state index contributed by atoms with van der Waals surface area (Å²) in [5.41, 5.74) is 2.01. The highest BCUT2D eigenvalue weighted by atomic mass is 15.1. The van der Waals surface area contributed by atoms with Crippen LogP contribution in [-0.2, 0) is 6.54 Å². The minimum Gasteiger partial charge on any atom is -0.313 e. The lowest BCUT2D eigenvalue weighted by atomic mass is 10.3. The molecule has 0 radical (unpaired) electrons. The van der Waals surface area contributed by atoms with E-state index in [4.69, 9.17) is 0 Å². The van der Waals surface area contributed by atoms with Crippen LogP contribution in [0.15, 0.2) is 18.3 Å². The molecule has 3 heteroatoms. The predicted octanol–water partition coefficient (Wildman–Crippen LogP) is 2.54. The highest BCUT2D eigenvalue weighted by Crippen LogP contribution is 2.13. The molecule has 2 heterocycles. The molecule has 2 aromatic rings. The third-order valence-electron chi connectivity index (χ3n) is 2.43. The van der Waals surface area contributed by atoms with E-state index in [0.29, 0.717) is 0 Å². The zero-order chi connectivity index (χ0) is 9.97. The molecular weight excluding hydrogens is 174 g/mol. The first kappa shape index (κ1) is 9.19. The molecule has 0 aliphatic heterocycles. The molecule has 14 heavy (non-hydrogen) atoms. The number of pyridine rings is 1. The summed E-state index contributed by atoms with van der Waals surface area (Å²) in [6.45, 7) is 5.26. The van der Waals surface area contributed by atoms with Gasteiger partial charge in [-0.3, -0.25) is 0 Å². The first-order valence-electron chi connectivity index (χ1n) is 5.10. The van der Waals surface area contributed by atoms with Gasteiger partial charge in [0.15, 0.2) is 5.65 Å². The maximum Gasteiger partial charge on any atom is 0.159 e. The highest BCUT2D eigenvalue weighted by Gasteiger charge is 2.06. The Morgan fingerprint density at radius 3 is 3.07 bits per heavy atom. The van der Waals surface area contributed by atoms with Crippen LogP contribution < -0.4 is 0 Å². The van der Waals surface area contributed by atoms with Gasteiger partial charge < -0.3 is 4.57 Å². The Labute approximate surface area is 83.8 Å². The number of fused-ring (bicyclic) bond motifs is 1. The van der Waals surface area contributed by atoms with Crippen LogP contribution in [0.3, 0.4) is 0 Å². The Kier molecular flexibility index (Phi) is 2.48. The standard InChI is InChI=1S/C11H15N3/c1-3-4-8-14-9(2)13-10-6-5-7-12-11(10)14/h5-7H,3-4,8H2,1-2H3. The molecule has 0 aliphatic rings. The molecule has 74 valence electrons. The van der Waals surface area contributed by atoms with E-state index < -0.39 is 0 Å². The molecule has 2 aromatic heterocycles. The van der Waals surface area contributed by atoms with Crippen LogP contribution in [0, 0.1) is 6.92 Å². The molecule has 0 atom stereocenters. The molecule has 2 rings (SSSR count). The van der Waals surface area contributed by atoms with Gasteiger partial charge in [0.25, 0.3) is 0 Å². The summed E-state index contributed by atoms with van der Waals surface area (Å²) in [5, 5.41) is 0. The van der Waals surface area contributed by atoms with Gasteiger partial charge in [-0.2, -0.15) is 0 Å². The van der Waals surface area contributed by atoms with E-state index in [0.717, 1.165) is 23.5 Å². The number of hydrogen-bond acceptors (Lipinski definition) is 2. The van der Waals surface area contributed by atoms with Crippen LogP contribution in [0.5, 0.6) is 0 Å². The van der Waals surface area contributed by atoms with Crippen LogP contribution in [0.25, 0.3) is 11.2 Å². The summed E-state index contributed by atoms with van der Waals surface area (Å²) in [6.07, 6.45) is 4.21. The second-order valence-electron chi connectivity index (χ2n) is 3.51. The van der Waals surface area contributed by atoms with E-state index in [1.54, 1.807) is 0 Å². The van der Waals surface area contributed by atoms with Gasteiger partial charge in [-0.1, -0.05) is 13.3 Å². The number of rotatable bonds is 3. The van der Waals surface area contributed by atoms with Gasteiger partial charge in [0.1, 0.15) is 11.3 Å². The average Bonchev–Trinajstić information content (AvgIpc) is 2.51. The maximum absolute atomic E-state index is 4.47. The van der Waals surface area contributed by atoms with Crippen LogP contribution in [0.1, 0.15) is 25.6 Å².